The van der Waals surface area contributed by atoms with Gasteiger partial charge in [-0.05, 0) is 24.0 Å². The van der Waals surface area contributed by atoms with Gasteiger partial charge >= 0.3 is 5.97 Å². The molecule has 3 heterocycles. The number of amidine groups is 1. The van der Waals surface area contributed by atoms with E-state index in [9.17, 15) is 9.59 Å². The molecule has 3 aliphatic heterocycles. The molecule has 4 rings (SSSR count). The van der Waals surface area contributed by atoms with Crippen LogP contribution in [0.3, 0.4) is 0 Å². The molecular weight excluding hydrogens is 496 g/mol. The van der Waals surface area contributed by atoms with Gasteiger partial charge in [0.15, 0.2) is 5.17 Å². The molecule has 37 heavy (non-hydrogen) atoms. The Kier molecular flexibility index (Phi) is 9.12. The maximum atomic E-state index is 13.1. The summed E-state index contributed by atoms with van der Waals surface area (Å²) in [5.41, 5.74) is 2.59. The monoisotopic (exact) mass is 530 g/mol. The molecular formula is C26H34N4O6S. The van der Waals surface area contributed by atoms with Crippen LogP contribution in [0, 0.1) is 0 Å². The lowest BCUT2D eigenvalue weighted by atomic mass is 9.92. The standard InChI is InChI=1S/C26H34N4O6S/c1-5-20-23(25(32)35-4)24(19-7-6-18(33-2)15-21(19)34-3)30-17(16-37-26(30)28-20)14-22(31)27-8-9-29-10-12-36-13-11-29/h6-7,15-16,24H,5,8-14H2,1-4H3,(H,27,31)/t24-/m0/s1. The molecule has 0 unspecified atom stereocenters. The first kappa shape index (κ1) is 27.0. The predicted octanol–water partition coefficient (Wildman–Crippen LogP) is 2.68. The van der Waals surface area contributed by atoms with Gasteiger partial charge in [0.25, 0.3) is 0 Å². The van der Waals surface area contributed by atoms with E-state index in [1.54, 1.807) is 20.3 Å². The van der Waals surface area contributed by atoms with Crippen LogP contribution < -0.4 is 14.8 Å². The largest absolute Gasteiger partial charge is 0.497 e. The highest BCUT2D eigenvalue weighted by atomic mass is 32.2. The normalized spacial score (nSPS) is 19.7. The summed E-state index contributed by atoms with van der Waals surface area (Å²) >= 11 is 1.44. The number of methoxy groups -OCH3 is 3. The highest BCUT2D eigenvalue weighted by molar-refractivity contribution is 8.16. The van der Waals surface area contributed by atoms with Crippen molar-refractivity contribution in [2.45, 2.75) is 25.8 Å². The van der Waals surface area contributed by atoms with Crippen molar-refractivity contribution in [3.05, 3.63) is 46.1 Å². The number of nitrogens with one attached hydrogen (secondary N) is 1. The number of carbonyl (C=O) groups excluding carboxylic acids is 2. The average Bonchev–Trinajstić information content (AvgIpc) is 3.33. The zero-order valence-electron chi connectivity index (χ0n) is 21.7. The molecule has 1 amide bonds. The molecule has 1 N–H and O–H groups in total. The third kappa shape index (κ3) is 5.94. The third-order valence-electron chi connectivity index (χ3n) is 6.56. The van der Waals surface area contributed by atoms with Crippen molar-refractivity contribution in [2.24, 2.45) is 4.99 Å². The number of esters is 1. The van der Waals surface area contributed by atoms with Crippen molar-refractivity contribution in [3.8, 4) is 11.5 Å². The molecule has 0 bridgehead atoms. The summed E-state index contributed by atoms with van der Waals surface area (Å²) in [6, 6.07) is 4.92. The molecule has 1 saturated heterocycles. The van der Waals surface area contributed by atoms with Crippen LogP contribution in [0.4, 0.5) is 0 Å². The van der Waals surface area contributed by atoms with Crippen molar-refractivity contribution in [2.75, 3.05) is 60.7 Å². The second-order valence-corrected chi connectivity index (χ2v) is 9.52. The zero-order chi connectivity index (χ0) is 26.4. The molecule has 1 aromatic carbocycles. The van der Waals surface area contributed by atoms with Gasteiger partial charge in [0.1, 0.15) is 11.5 Å². The number of ether oxygens (including phenoxy) is 4. The highest BCUT2D eigenvalue weighted by Gasteiger charge is 2.42. The van der Waals surface area contributed by atoms with E-state index in [0.29, 0.717) is 40.9 Å². The van der Waals surface area contributed by atoms with E-state index in [2.05, 4.69) is 10.2 Å². The summed E-state index contributed by atoms with van der Waals surface area (Å²) in [5, 5.41) is 5.67. The summed E-state index contributed by atoms with van der Waals surface area (Å²) in [6.45, 7) is 6.49. The number of morpholine rings is 1. The molecule has 0 saturated carbocycles. The van der Waals surface area contributed by atoms with Gasteiger partial charge in [-0.1, -0.05) is 18.7 Å². The van der Waals surface area contributed by atoms with Gasteiger partial charge in [-0.25, -0.2) is 9.79 Å². The van der Waals surface area contributed by atoms with Gasteiger partial charge in [0.2, 0.25) is 5.91 Å². The Hall–Kier alpha value is -3.02. The number of hydrogen-bond acceptors (Lipinski definition) is 10. The van der Waals surface area contributed by atoms with Crippen LogP contribution in [0.5, 0.6) is 11.5 Å². The van der Waals surface area contributed by atoms with Gasteiger partial charge in [0.05, 0.1) is 58.3 Å². The number of nitrogens with zero attached hydrogens (tertiary/aromatic N) is 3. The Bertz CT molecular complexity index is 1110. The fourth-order valence-electron chi connectivity index (χ4n) is 4.66. The topological polar surface area (TPSA) is 102 Å². The number of benzene rings is 1. The van der Waals surface area contributed by atoms with Gasteiger partial charge in [0, 0.05) is 43.5 Å². The third-order valence-corrected chi connectivity index (χ3v) is 7.45. The lowest BCUT2D eigenvalue weighted by Gasteiger charge is -2.37. The Balaban J connectivity index is 1.60. The van der Waals surface area contributed by atoms with Crippen LogP contribution in [0.2, 0.25) is 0 Å². The number of rotatable bonds is 10. The number of hydrogen-bond donors (Lipinski definition) is 1. The molecule has 1 fully saturated rings. The minimum atomic E-state index is -0.571. The van der Waals surface area contributed by atoms with Crippen LogP contribution in [-0.2, 0) is 19.1 Å². The Morgan fingerprint density at radius 3 is 2.65 bits per heavy atom. The van der Waals surface area contributed by atoms with Crippen molar-refractivity contribution < 1.29 is 28.5 Å². The van der Waals surface area contributed by atoms with Crippen LogP contribution in [0.1, 0.15) is 31.4 Å². The summed E-state index contributed by atoms with van der Waals surface area (Å²) in [7, 11) is 4.53. The highest BCUT2D eigenvalue weighted by Crippen LogP contribution is 2.48. The first-order valence-electron chi connectivity index (χ1n) is 12.3. The average molecular weight is 531 g/mol. The molecule has 0 aliphatic carbocycles. The quantitative estimate of drug-likeness (QED) is 0.458. The number of fused-ring (bicyclic) bond motifs is 1. The van der Waals surface area contributed by atoms with Crippen LogP contribution in [0.25, 0.3) is 0 Å². The lowest BCUT2D eigenvalue weighted by molar-refractivity contribution is -0.136. The maximum Gasteiger partial charge on any atom is 0.338 e. The molecule has 0 aromatic heterocycles. The Morgan fingerprint density at radius 2 is 1.97 bits per heavy atom. The van der Waals surface area contributed by atoms with Crippen LogP contribution in [-0.4, -0.2) is 87.6 Å². The van der Waals surface area contributed by atoms with E-state index in [1.807, 2.05) is 29.4 Å². The molecule has 3 aliphatic rings. The van der Waals surface area contributed by atoms with Crippen molar-refractivity contribution in [3.63, 3.8) is 0 Å². The Labute approximate surface area is 221 Å². The van der Waals surface area contributed by atoms with Crippen molar-refractivity contribution in [1.82, 2.24) is 15.1 Å². The minimum Gasteiger partial charge on any atom is -0.497 e. The number of thioether (sulfide) groups is 1. The lowest BCUT2D eigenvalue weighted by Crippen LogP contribution is -2.42. The van der Waals surface area contributed by atoms with Gasteiger partial charge in [-0.2, -0.15) is 0 Å². The van der Waals surface area contributed by atoms with E-state index < -0.39 is 12.0 Å². The van der Waals surface area contributed by atoms with Gasteiger partial charge in [-0.3, -0.25) is 9.69 Å². The molecule has 0 spiro atoms. The molecule has 200 valence electrons. The van der Waals surface area contributed by atoms with E-state index in [1.165, 1.54) is 18.9 Å². The fraction of sp³-hybridized carbons (Fsp3) is 0.500. The first-order chi connectivity index (χ1) is 18.0. The summed E-state index contributed by atoms with van der Waals surface area (Å²) in [5.74, 6) is 0.643. The zero-order valence-corrected chi connectivity index (χ0v) is 22.6. The smallest absolute Gasteiger partial charge is 0.338 e. The summed E-state index contributed by atoms with van der Waals surface area (Å²) in [6.07, 6.45) is 0.703. The van der Waals surface area contributed by atoms with Crippen molar-refractivity contribution >= 4 is 28.8 Å². The number of amides is 1. The summed E-state index contributed by atoms with van der Waals surface area (Å²) < 4.78 is 21.7. The van der Waals surface area contributed by atoms with Crippen LogP contribution >= 0.6 is 11.8 Å². The SMILES string of the molecule is CCC1=C(C(=O)OC)[C@H](c2ccc(OC)cc2OC)N2C(CC(=O)NCCN3CCOCC3)=CSC2=N1. The van der Waals surface area contributed by atoms with E-state index in [0.717, 1.165) is 44.1 Å². The number of carbonyl (C=O) groups is 2. The molecule has 10 nitrogen and oxygen atoms in total. The first-order valence-corrected chi connectivity index (χ1v) is 13.2. The molecule has 1 aromatic rings. The fourth-order valence-corrected chi connectivity index (χ4v) is 5.59. The van der Waals surface area contributed by atoms with E-state index in [-0.39, 0.29) is 12.3 Å². The number of allylic oxidation sites excluding steroid dienone is 1. The second-order valence-electron chi connectivity index (χ2n) is 8.69. The maximum absolute atomic E-state index is 13.1. The Morgan fingerprint density at radius 1 is 1.19 bits per heavy atom. The predicted molar refractivity (Wildman–Crippen MR) is 141 cm³/mol. The summed E-state index contributed by atoms with van der Waals surface area (Å²) in [4.78, 5) is 35.0. The van der Waals surface area contributed by atoms with Crippen LogP contribution in [0.15, 0.2) is 45.6 Å². The number of aliphatic imine (C=N–C) groups is 1. The second kappa shape index (κ2) is 12.5. The van der Waals surface area contributed by atoms with E-state index >= 15 is 0 Å². The van der Waals surface area contributed by atoms with Crippen molar-refractivity contribution in [1.29, 1.82) is 0 Å². The molecule has 0 radical (unpaired) electrons. The molecule has 1 atom stereocenters. The minimum absolute atomic E-state index is 0.0910. The van der Waals surface area contributed by atoms with Gasteiger partial charge < -0.3 is 29.2 Å². The van der Waals surface area contributed by atoms with E-state index in [4.69, 9.17) is 23.9 Å². The molecule has 11 heteroatoms. The van der Waals surface area contributed by atoms with Gasteiger partial charge in [-0.15, -0.1) is 0 Å².